The smallest absolute Gasteiger partial charge is 0.251 e. The molecule has 0 spiro atoms. The summed E-state index contributed by atoms with van der Waals surface area (Å²) >= 11 is 0. The van der Waals surface area contributed by atoms with Crippen LogP contribution >= 0.6 is 0 Å². The first kappa shape index (κ1) is 19.3. The van der Waals surface area contributed by atoms with Gasteiger partial charge in [-0.1, -0.05) is 6.07 Å². The fraction of sp³-hybridized carbons (Fsp3) is 0.611. The van der Waals surface area contributed by atoms with Crippen LogP contribution in [-0.2, 0) is 14.8 Å². The Morgan fingerprint density at radius 1 is 1.31 bits per heavy atom. The number of hydrogen-bond acceptors (Lipinski definition) is 5. The number of carbonyl (C=O) groups is 1. The fourth-order valence-electron chi connectivity index (χ4n) is 3.27. The molecule has 2 aliphatic rings. The lowest BCUT2D eigenvalue weighted by atomic mass is 9.80. The van der Waals surface area contributed by atoms with Crippen molar-refractivity contribution in [1.29, 1.82) is 0 Å². The number of rotatable bonds is 8. The van der Waals surface area contributed by atoms with E-state index in [9.17, 15) is 13.2 Å². The van der Waals surface area contributed by atoms with Crippen molar-refractivity contribution in [2.75, 3.05) is 33.4 Å². The van der Waals surface area contributed by atoms with Crippen molar-refractivity contribution in [1.82, 2.24) is 15.4 Å². The van der Waals surface area contributed by atoms with E-state index in [-0.39, 0.29) is 22.3 Å². The number of sulfonamides is 1. The normalized spacial score (nSPS) is 19.9. The number of amides is 1. The van der Waals surface area contributed by atoms with Crippen LogP contribution in [0.3, 0.4) is 0 Å². The Labute approximate surface area is 154 Å². The third-order valence-electron chi connectivity index (χ3n) is 5.07. The Kier molecular flexibility index (Phi) is 5.96. The Morgan fingerprint density at radius 3 is 2.69 bits per heavy atom. The van der Waals surface area contributed by atoms with E-state index >= 15 is 0 Å². The zero-order chi connectivity index (χ0) is 18.6. The molecule has 3 rings (SSSR count). The molecule has 1 aromatic carbocycles. The number of ether oxygens (including phenoxy) is 1. The largest absolute Gasteiger partial charge is 0.384 e. The maximum absolute atomic E-state index is 12.7. The Bertz CT molecular complexity index is 735. The molecule has 0 radical (unpaired) electrons. The summed E-state index contributed by atoms with van der Waals surface area (Å²) in [5, 5.41) is 6.17. The van der Waals surface area contributed by atoms with E-state index in [1.165, 1.54) is 12.1 Å². The third kappa shape index (κ3) is 4.82. The van der Waals surface area contributed by atoms with Crippen molar-refractivity contribution < 1.29 is 17.9 Å². The second kappa shape index (κ2) is 8.04. The second-order valence-corrected chi connectivity index (χ2v) is 9.05. The minimum atomic E-state index is -3.69. The highest BCUT2D eigenvalue weighted by molar-refractivity contribution is 7.89. The molecule has 0 unspecified atom stereocenters. The zero-order valence-corrected chi connectivity index (χ0v) is 15.9. The highest BCUT2D eigenvalue weighted by atomic mass is 32.2. The Morgan fingerprint density at radius 2 is 2.04 bits per heavy atom. The molecule has 1 saturated heterocycles. The molecule has 1 aliphatic carbocycles. The molecule has 0 bridgehead atoms. The maximum Gasteiger partial charge on any atom is 0.251 e. The van der Waals surface area contributed by atoms with Crippen molar-refractivity contribution in [3.05, 3.63) is 29.8 Å². The van der Waals surface area contributed by atoms with Crippen LogP contribution in [0.4, 0.5) is 0 Å². The van der Waals surface area contributed by atoms with Gasteiger partial charge >= 0.3 is 0 Å². The number of methoxy groups -OCH3 is 1. The minimum Gasteiger partial charge on any atom is -0.384 e. The highest BCUT2D eigenvalue weighted by Crippen LogP contribution is 2.29. The topological polar surface area (TPSA) is 96.5 Å². The SMILES string of the molecule is COCC1(CNS(=O)(=O)c2cccc(C(=O)NC3CC3)c2)CCNCC1. The molecule has 0 aromatic heterocycles. The van der Waals surface area contributed by atoms with E-state index in [2.05, 4.69) is 15.4 Å². The van der Waals surface area contributed by atoms with E-state index in [1.807, 2.05) is 0 Å². The first-order valence-corrected chi connectivity index (χ1v) is 10.5. The van der Waals surface area contributed by atoms with Gasteiger partial charge in [0.15, 0.2) is 0 Å². The first-order valence-electron chi connectivity index (χ1n) is 9.04. The van der Waals surface area contributed by atoms with Gasteiger partial charge in [-0.25, -0.2) is 13.1 Å². The van der Waals surface area contributed by atoms with Crippen LogP contribution < -0.4 is 15.4 Å². The predicted molar refractivity (Wildman–Crippen MR) is 98.5 cm³/mol. The summed E-state index contributed by atoms with van der Waals surface area (Å²) in [5.74, 6) is -0.223. The van der Waals surface area contributed by atoms with Gasteiger partial charge < -0.3 is 15.4 Å². The van der Waals surface area contributed by atoms with Crippen LogP contribution in [0.25, 0.3) is 0 Å². The monoisotopic (exact) mass is 381 g/mol. The average molecular weight is 381 g/mol. The molecule has 1 aliphatic heterocycles. The van der Waals surface area contributed by atoms with Gasteiger partial charge in [0.2, 0.25) is 10.0 Å². The van der Waals surface area contributed by atoms with E-state index < -0.39 is 10.0 Å². The van der Waals surface area contributed by atoms with Crippen molar-refractivity contribution in [2.45, 2.75) is 36.6 Å². The van der Waals surface area contributed by atoms with Crippen molar-refractivity contribution in [2.24, 2.45) is 5.41 Å². The highest BCUT2D eigenvalue weighted by Gasteiger charge is 2.33. The van der Waals surface area contributed by atoms with Crippen LogP contribution in [0.15, 0.2) is 29.2 Å². The molecular weight excluding hydrogens is 354 g/mol. The van der Waals surface area contributed by atoms with Gasteiger partial charge in [0.25, 0.3) is 5.91 Å². The molecule has 3 N–H and O–H groups in total. The van der Waals surface area contributed by atoms with Crippen molar-refractivity contribution in [3.63, 3.8) is 0 Å². The predicted octanol–water partition coefficient (Wildman–Crippen LogP) is 0.873. The maximum atomic E-state index is 12.7. The van der Waals surface area contributed by atoms with Gasteiger partial charge in [-0.15, -0.1) is 0 Å². The molecule has 26 heavy (non-hydrogen) atoms. The molecule has 1 amide bonds. The quantitative estimate of drug-likeness (QED) is 0.621. The molecule has 2 fully saturated rings. The summed E-state index contributed by atoms with van der Waals surface area (Å²) in [7, 11) is -2.05. The van der Waals surface area contributed by atoms with Gasteiger partial charge in [-0.05, 0) is 57.0 Å². The number of benzene rings is 1. The molecule has 7 nitrogen and oxygen atoms in total. The minimum absolute atomic E-state index is 0.113. The lowest BCUT2D eigenvalue weighted by molar-refractivity contribution is 0.0577. The standard InChI is InChI=1S/C18H27N3O4S/c1-25-13-18(7-9-19-10-8-18)12-20-26(23,24)16-4-2-3-14(11-16)17(22)21-15-5-6-15/h2-4,11,15,19-20H,5-10,12-13H2,1H3,(H,21,22). The number of hydrogen-bond donors (Lipinski definition) is 3. The Balaban J connectivity index is 1.69. The van der Waals surface area contributed by atoms with Crippen LogP contribution in [0.2, 0.25) is 0 Å². The van der Waals surface area contributed by atoms with Crippen LogP contribution in [0.1, 0.15) is 36.0 Å². The van der Waals surface area contributed by atoms with Crippen molar-refractivity contribution in [3.8, 4) is 0 Å². The zero-order valence-electron chi connectivity index (χ0n) is 15.1. The fourth-order valence-corrected chi connectivity index (χ4v) is 4.47. The first-order chi connectivity index (χ1) is 12.4. The van der Waals surface area contributed by atoms with Gasteiger partial charge in [0.05, 0.1) is 11.5 Å². The number of carbonyl (C=O) groups excluding carboxylic acids is 1. The molecule has 8 heteroatoms. The van der Waals surface area contributed by atoms with Crippen LogP contribution in [-0.4, -0.2) is 53.7 Å². The molecule has 1 saturated carbocycles. The van der Waals surface area contributed by atoms with Gasteiger partial charge in [-0.3, -0.25) is 4.79 Å². The Hall–Kier alpha value is -1.48. The summed E-state index contributed by atoms with van der Waals surface area (Å²) in [4.78, 5) is 12.3. The third-order valence-corrected chi connectivity index (χ3v) is 6.47. The summed E-state index contributed by atoms with van der Waals surface area (Å²) < 4.78 is 33.5. The lowest BCUT2D eigenvalue weighted by Gasteiger charge is -2.37. The molecular formula is C18H27N3O4S. The number of piperidine rings is 1. The summed E-state index contributed by atoms with van der Waals surface area (Å²) in [5.41, 5.74) is 0.168. The van der Waals surface area contributed by atoms with Gasteiger partial charge in [-0.2, -0.15) is 0 Å². The molecule has 144 valence electrons. The summed E-state index contributed by atoms with van der Waals surface area (Å²) in [6.45, 7) is 2.54. The summed E-state index contributed by atoms with van der Waals surface area (Å²) in [6, 6.07) is 6.42. The lowest BCUT2D eigenvalue weighted by Crippen LogP contribution is -2.47. The number of nitrogens with one attached hydrogen (secondary N) is 3. The van der Waals surface area contributed by atoms with E-state index in [1.54, 1.807) is 19.2 Å². The second-order valence-electron chi connectivity index (χ2n) is 7.28. The van der Waals surface area contributed by atoms with E-state index in [0.29, 0.717) is 18.7 Å². The summed E-state index contributed by atoms with van der Waals surface area (Å²) in [6.07, 6.45) is 3.68. The average Bonchev–Trinajstić information content (AvgIpc) is 3.45. The van der Waals surface area contributed by atoms with Crippen LogP contribution in [0, 0.1) is 5.41 Å². The van der Waals surface area contributed by atoms with Gasteiger partial charge in [0, 0.05) is 30.7 Å². The van der Waals surface area contributed by atoms with E-state index in [0.717, 1.165) is 38.8 Å². The van der Waals surface area contributed by atoms with Gasteiger partial charge in [0.1, 0.15) is 0 Å². The molecule has 0 atom stereocenters. The molecule has 1 aromatic rings. The van der Waals surface area contributed by atoms with E-state index in [4.69, 9.17) is 4.74 Å². The van der Waals surface area contributed by atoms with Crippen molar-refractivity contribution >= 4 is 15.9 Å². The molecule has 1 heterocycles. The van der Waals surface area contributed by atoms with Crippen LogP contribution in [0.5, 0.6) is 0 Å².